The highest BCUT2D eigenvalue weighted by Gasteiger charge is 2.36. The summed E-state index contributed by atoms with van der Waals surface area (Å²) in [5, 5.41) is 2.63. The smallest absolute Gasteiger partial charge is 0.251 e. The molecule has 2 aliphatic heterocycles. The van der Waals surface area contributed by atoms with E-state index in [2.05, 4.69) is 35.9 Å². The van der Waals surface area contributed by atoms with Crippen LogP contribution in [0, 0.1) is 0 Å². The number of aryl methyl sites for hydroxylation is 1. The van der Waals surface area contributed by atoms with E-state index in [0.717, 1.165) is 44.8 Å². The molecule has 6 heteroatoms. The molecule has 0 spiro atoms. The van der Waals surface area contributed by atoms with E-state index in [4.69, 9.17) is 0 Å². The van der Waals surface area contributed by atoms with Gasteiger partial charge in [0.05, 0.1) is 0 Å². The summed E-state index contributed by atoms with van der Waals surface area (Å²) in [5.41, 5.74) is 1.92. The van der Waals surface area contributed by atoms with Crippen molar-refractivity contribution >= 4 is 11.8 Å². The highest BCUT2D eigenvalue weighted by atomic mass is 16.2. The van der Waals surface area contributed by atoms with Crippen molar-refractivity contribution in [1.29, 1.82) is 0 Å². The van der Waals surface area contributed by atoms with E-state index in [0.29, 0.717) is 24.4 Å². The van der Waals surface area contributed by atoms with Crippen molar-refractivity contribution in [2.75, 3.05) is 46.3 Å². The Kier molecular flexibility index (Phi) is 6.40. The topological polar surface area (TPSA) is 55.9 Å². The van der Waals surface area contributed by atoms with Gasteiger partial charge in [0, 0.05) is 69.9 Å². The van der Waals surface area contributed by atoms with E-state index in [1.165, 1.54) is 0 Å². The molecule has 1 aromatic rings. The Morgan fingerprint density at radius 2 is 1.79 bits per heavy atom. The number of nitrogens with zero attached hydrogens (tertiary/aromatic N) is 3. The van der Waals surface area contributed by atoms with Crippen molar-refractivity contribution in [2.45, 2.75) is 45.2 Å². The van der Waals surface area contributed by atoms with Crippen molar-refractivity contribution in [3.05, 3.63) is 35.4 Å². The van der Waals surface area contributed by atoms with Crippen LogP contribution in [0.3, 0.4) is 0 Å². The van der Waals surface area contributed by atoms with Gasteiger partial charge in [0.15, 0.2) is 0 Å². The van der Waals surface area contributed by atoms with E-state index in [9.17, 15) is 9.59 Å². The van der Waals surface area contributed by atoms with Crippen LogP contribution in [0.4, 0.5) is 0 Å². The number of hydrogen-bond acceptors (Lipinski definition) is 4. The van der Waals surface area contributed by atoms with Gasteiger partial charge in [-0.05, 0) is 44.9 Å². The summed E-state index contributed by atoms with van der Waals surface area (Å²) in [5.74, 6) is 0.125. The highest BCUT2D eigenvalue weighted by molar-refractivity contribution is 5.94. The molecular formula is C22H34N4O2. The Morgan fingerprint density at radius 1 is 1.11 bits per heavy atom. The summed E-state index contributed by atoms with van der Waals surface area (Å²) in [4.78, 5) is 31.3. The van der Waals surface area contributed by atoms with Crippen molar-refractivity contribution in [3.8, 4) is 0 Å². The van der Waals surface area contributed by atoms with Crippen LogP contribution in [0.1, 0.15) is 43.1 Å². The third-order valence-electron chi connectivity index (χ3n) is 6.04. The molecule has 3 rings (SSSR count). The lowest BCUT2D eigenvalue weighted by molar-refractivity contribution is -0.139. The number of rotatable bonds is 5. The molecule has 28 heavy (non-hydrogen) atoms. The van der Waals surface area contributed by atoms with Gasteiger partial charge >= 0.3 is 0 Å². The quantitative estimate of drug-likeness (QED) is 0.835. The average molecular weight is 387 g/mol. The standard InChI is InChI=1S/C22H34N4O2/c1-22(2,3)26-12-10-24(11-13-26)19-15-25(16-19)20(27)9-8-17-6-5-7-18(14-17)21(28)23-4/h5-7,14,19H,8-13,15-16H2,1-4H3,(H,23,28). The zero-order valence-electron chi connectivity index (χ0n) is 17.7. The minimum atomic E-state index is -0.0923. The Hall–Kier alpha value is -1.92. The minimum Gasteiger partial charge on any atom is -0.355 e. The van der Waals surface area contributed by atoms with E-state index in [-0.39, 0.29) is 17.4 Å². The van der Waals surface area contributed by atoms with Crippen molar-refractivity contribution in [2.24, 2.45) is 0 Å². The molecule has 1 N–H and O–H groups in total. The molecule has 2 aliphatic rings. The number of carbonyl (C=O) groups excluding carboxylic acids is 2. The first-order valence-electron chi connectivity index (χ1n) is 10.4. The summed E-state index contributed by atoms with van der Waals surface area (Å²) in [7, 11) is 1.63. The normalized spacial score (nSPS) is 19.4. The van der Waals surface area contributed by atoms with Crippen LogP contribution < -0.4 is 5.32 Å². The summed E-state index contributed by atoms with van der Waals surface area (Å²) in [6.45, 7) is 12.9. The summed E-state index contributed by atoms with van der Waals surface area (Å²) in [6.07, 6.45) is 1.18. The lowest BCUT2D eigenvalue weighted by Crippen LogP contribution is -2.65. The molecular weight excluding hydrogens is 352 g/mol. The molecule has 0 atom stereocenters. The van der Waals surface area contributed by atoms with E-state index in [1.807, 2.05) is 23.1 Å². The fourth-order valence-electron chi connectivity index (χ4n) is 4.07. The molecule has 0 unspecified atom stereocenters. The Balaban J connectivity index is 1.41. The van der Waals surface area contributed by atoms with Crippen molar-refractivity contribution < 1.29 is 9.59 Å². The van der Waals surface area contributed by atoms with Crippen LogP contribution in [0.2, 0.25) is 0 Å². The Labute approximate surface area is 168 Å². The van der Waals surface area contributed by atoms with Crippen molar-refractivity contribution in [1.82, 2.24) is 20.0 Å². The molecule has 2 fully saturated rings. The number of carbonyl (C=O) groups is 2. The molecule has 2 heterocycles. The third-order valence-corrected chi connectivity index (χ3v) is 6.04. The Morgan fingerprint density at radius 3 is 2.39 bits per heavy atom. The zero-order chi connectivity index (χ0) is 20.3. The molecule has 2 saturated heterocycles. The second-order valence-corrected chi connectivity index (χ2v) is 8.93. The lowest BCUT2D eigenvalue weighted by Gasteiger charge is -2.50. The number of amides is 2. The molecule has 0 bridgehead atoms. The van der Waals surface area contributed by atoms with Crippen LogP contribution in [-0.2, 0) is 11.2 Å². The molecule has 0 aliphatic carbocycles. The largest absolute Gasteiger partial charge is 0.355 e. The summed E-state index contributed by atoms with van der Waals surface area (Å²) >= 11 is 0. The molecule has 2 amide bonds. The van der Waals surface area contributed by atoms with Gasteiger partial charge in [0.25, 0.3) is 5.91 Å². The van der Waals surface area contributed by atoms with E-state index in [1.54, 1.807) is 13.1 Å². The Bertz CT molecular complexity index is 699. The van der Waals surface area contributed by atoms with E-state index < -0.39 is 0 Å². The first-order chi connectivity index (χ1) is 13.3. The average Bonchev–Trinajstić information content (AvgIpc) is 2.64. The number of hydrogen-bond donors (Lipinski definition) is 1. The van der Waals surface area contributed by atoms with Crippen LogP contribution in [0.5, 0.6) is 0 Å². The van der Waals surface area contributed by atoms with Crippen LogP contribution >= 0.6 is 0 Å². The first kappa shape index (κ1) is 20.8. The van der Waals surface area contributed by atoms with Crippen LogP contribution in [0.15, 0.2) is 24.3 Å². The fraction of sp³-hybridized carbons (Fsp3) is 0.636. The van der Waals surface area contributed by atoms with Gasteiger partial charge in [-0.25, -0.2) is 0 Å². The predicted molar refractivity (Wildman–Crippen MR) is 111 cm³/mol. The predicted octanol–water partition coefficient (Wildman–Crippen LogP) is 1.61. The molecule has 1 aromatic carbocycles. The third kappa shape index (κ3) is 4.92. The highest BCUT2D eigenvalue weighted by Crippen LogP contribution is 2.21. The lowest BCUT2D eigenvalue weighted by atomic mass is 10.0. The maximum Gasteiger partial charge on any atom is 0.251 e. The number of piperazine rings is 1. The SMILES string of the molecule is CNC(=O)c1cccc(CCC(=O)N2CC(N3CCN(C(C)(C)C)CC3)C2)c1. The molecule has 6 nitrogen and oxygen atoms in total. The van der Waals surface area contributed by atoms with Gasteiger partial charge in [-0.2, -0.15) is 0 Å². The van der Waals surface area contributed by atoms with Crippen LogP contribution in [-0.4, -0.2) is 84.4 Å². The summed E-state index contributed by atoms with van der Waals surface area (Å²) < 4.78 is 0. The molecule has 154 valence electrons. The van der Waals surface area contributed by atoms with Gasteiger partial charge in [-0.1, -0.05) is 12.1 Å². The van der Waals surface area contributed by atoms with Crippen LogP contribution in [0.25, 0.3) is 0 Å². The van der Waals surface area contributed by atoms with Crippen molar-refractivity contribution in [3.63, 3.8) is 0 Å². The second-order valence-electron chi connectivity index (χ2n) is 8.93. The van der Waals surface area contributed by atoms with Gasteiger partial charge < -0.3 is 10.2 Å². The maximum absolute atomic E-state index is 12.5. The summed E-state index contributed by atoms with van der Waals surface area (Å²) in [6, 6.07) is 8.04. The molecule has 0 saturated carbocycles. The second kappa shape index (κ2) is 8.62. The molecule has 0 aromatic heterocycles. The minimum absolute atomic E-state index is 0.0923. The number of nitrogens with one attached hydrogen (secondary N) is 1. The number of benzene rings is 1. The molecule has 0 radical (unpaired) electrons. The van der Waals surface area contributed by atoms with Gasteiger partial charge in [0.2, 0.25) is 5.91 Å². The monoisotopic (exact) mass is 386 g/mol. The number of likely N-dealkylation sites (tertiary alicyclic amines) is 1. The van der Waals surface area contributed by atoms with E-state index >= 15 is 0 Å². The van der Waals surface area contributed by atoms with Gasteiger partial charge in [-0.15, -0.1) is 0 Å². The zero-order valence-corrected chi connectivity index (χ0v) is 17.7. The first-order valence-corrected chi connectivity index (χ1v) is 10.4. The van der Waals surface area contributed by atoms with Gasteiger partial charge in [0.1, 0.15) is 0 Å². The maximum atomic E-state index is 12.5. The van der Waals surface area contributed by atoms with Gasteiger partial charge in [-0.3, -0.25) is 19.4 Å². The fourth-order valence-corrected chi connectivity index (χ4v) is 4.07.